The molecule has 0 aliphatic rings. The molecule has 2 aromatic rings. The van der Waals surface area contributed by atoms with E-state index in [0.29, 0.717) is 22.7 Å². The highest BCUT2D eigenvalue weighted by Crippen LogP contribution is 2.33. The number of hydrogen-bond acceptors (Lipinski definition) is 4. The predicted molar refractivity (Wildman–Crippen MR) is 86.1 cm³/mol. The van der Waals surface area contributed by atoms with Crippen LogP contribution in [-0.2, 0) is 22.2 Å². The van der Waals surface area contributed by atoms with Crippen molar-refractivity contribution in [2.24, 2.45) is 0 Å². The van der Waals surface area contributed by atoms with Crippen molar-refractivity contribution in [2.45, 2.75) is 25.4 Å². The van der Waals surface area contributed by atoms with Gasteiger partial charge < -0.3 is 10.4 Å². The van der Waals surface area contributed by atoms with Crippen LogP contribution in [0.15, 0.2) is 29.6 Å². The molecule has 0 fully saturated rings. The summed E-state index contributed by atoms with van der Waals surface area (Å²) in [4.78, 5) is 26.3. The first-order chi connectivity index (χ1) is 11.8. The van der Waals surface area contributed by atoms with Crippen LogP contribution in [0.5, 0.6) is 0 Å². The second-order valence-electron chi connectivity index (χ2n) is 5.25. The molecule has 1 aromatic carbocycles. The number of nitrogens with one attached hydrogen (secondary N) is 1. The van der Waals surface area contributed by atoms with Crippen LogP contribution < -0.4 is 5.32 Å². The monoisotopic (exact) mass is 372 g/mol. The fraction of sp³-hybridized carbons (Fsp3) is 0.312. The number of benzene rings is 1. The lowest BCUT2D eigenvalue weighted by molar-refractivity contribution is -0.138. The number of carboxylic acid groups (broad SMARTS) is 1. The molecule has 2 N–H and O–H groups in total. The van der Waals surface area contributed by atoms with Crippen molar-refractivity contribution in [3.05, 3.63) is 40.9 Å². The lowest BCUT2D eigenvalue weighted by Gasteiger charge is -2.07. The maximum Gasteiger partial charge on any atom is 0.416 e. The second kappa shape index (κ2) is 8.11. The van der Waals surface area contributed by atoms with Gasteiger partial charge in [0.2, 0.25) is 5.91 Å². The third kappa shape index (κ3) is 5.86. The fourth-order valence-corrected chi connectivity index (χ4v) is 2.86. The average Bonchev–Trinajstić information content (AvgIpc) is 2.99. The van der Waals surface area contributed by atoms with Gasteiger partial charge in [-0.25, -0.2) is 4.98 Å². The molecule has 0 saturated carbocycles. The van der Waals surface area contributed by atoms with Crippen LogP contribution in [0, 0.1) is 0 Å². The predicted octanol–water partition coefficient (Wildman–Crippen LogP) is 3.35. The molecule has 5 nitrogen and oxygen atoms in total. The van der Waals surface area contributed by atoms with Gasteiger partial charge in [-0.2, -0.15) is 13.2 Å². The Morgan fingerprint density at radius 3 is 2.72 bits per heavy atom. The molecule has 0 aliphatic carbocycles. The summed E-state index contributed by atoms with van der Waals surface area (Å²) in [5.41, 5.74) is 0.0408. The van der Waals surface area contributed by atoms with Gasteiger partial charge in [0.25, 0.3) is 0 Å². The Morgan fingerprint density at radius 1 is 1.28 bits per heavy atom. The third-order valence-corrected chi connectivity index (χ3v) is 4.16. The lowest BCUT2D eigenvalue weighted by Crippen LogP contribution is -2.26. The van der Waals surface area contributed by atoms with Crippen molar-refractivity contribution in [3.63, 3.8) is 0 Å². The summed E-state index contributed by atoms with van der Waals surface area (Å²) in [6.45, 7) is 0.246. The Balaban J connectivity index is 1.96. The van der Waals surface area contributed by atoms with E-state index in [4.69, 9.17) is 5.11 Å². The summed E-state index contributed by atoms with van der Waals surface area (Å²) < 4.78 is 38.3. The van der Waals surface area contributed by atoms with E-state index >= 15 is 0 Å². The number of nitrogens with zero attached hydrogens (tertiary/aromatic N) is 1. The van der Waals surface area contributed by atoms with E-state index in [2.05, 4.69) is 10.3 Å². The summed E-state index contributed by atoms with van der Waals surface area (Å²) in [6.07, 6.45) is -4.14. The molecule has 0 saturated heterocycles. The largest absolute Gasteiger partial charge is 0.481 e. The minimum absolute atomic E-state index is 0.0114. The van der Waals surface area contributed by atoms with Gasteiger partial charge in [0.05, 0.1) is 17.7 Å². The molecular formula is C16H15F3N2O3S. The number of aliphatic carboxylic acids is 1. The van der Waals surface area contributed by atoms with Crippen molar-refractivity contribution in [1.29, 1.82) is 0 Å². The zero-order valence-electron chi connectivity index (χ0n) is 13.0. The van der Waals surface area contributed by atoms with E-state index in [-0.39, 0.29) is 25.3 Å². The summed E-state index contributed by atoms with van der Waals surface area (Å²) in [5.74, 6) is -1.24. The molecule has 1 amide bonds. The van der Waals surface area contributed by atoms with Gasteiger partial charge >= 0.3 is 12.1 Å². The van der Waals surface area contributed by atoms with Crippen LogP contribution in [-0.4, -0.2) is 28.5 Å². The van der Waals surface area contributed by atoms with Gasteiger partial charge in [0, 0.05) is 23.9 Å². The molecule has 0 spiro atoms. The van der Waals surface area contributed by atoms with Crippen molar-refractivity contribution in [2.75, 3.05) is 6.54 Å². The van der Waals surface area contributed by atoms with Crippen molar-refractivity contribution < 1.29 is 27.9 Å². The third-order valence-electron chi connectivity index (χ3n) is 3.22. The summed E-state index contributed by atoms with van der Waals surface area (Å²) >= 11 is 1.16. The molecule has 0 unspecified atom stereocenters. The molecule has 0 aliphatic heterocycles. The highest BCUT2D eigenvalue weighted by molar-refractivity contribution is 7.13. The summed E-state index contributed by atoms with van der Waals surface area (Å²) in [5, 5.41) is 13.1. The molecule has 9 heteroatoms. The van der Waals surface area contributed by atoms with Gasteiger partial charge in [-0.05, 0) is 18.6 Å². The number of carbonyl (C=O) groups excluding carboxylic acids is 1. The molecule has 0 radical (unpaired) electrons. The Morgan fingerprint density at radius 2 is 2.04 bits per heavy atom. The first kappa shape index (κ1) is 18.9. The normalized spacial score (nSPS) is 11.3. The molecule has 2 rings (SSSR count). The van der Waals surface area contributed by atoms with Crippen LogP contribution in [0.2, 0.25) is 0 Å². The number of halogens is 3. The highest BCUT2D eigenvalue weighted by Gasteiger charge is 2.30. The zero-order chi connectivity index (χ0) is 18.4. The Hall–Kier alpha value is -2.42. The number of carbonyl (C=O) groups is 2. The van der Waals surface area contributed by atoms with Gasteiger partial charge in [-0.1, -0.05) is 12.1 Å². The van der Waals surface area contributed by atoms with E-state index in [1.807, 2.05) is 0 Å². The van der Waals surface area contributed by atoms with E-state index in [1.54, 1.807) is 5.38 Å². The van der Waals surface area contributed by atoms with Crippen molar-refractivity contribution in [1.82, 2.24) is 10.3 Å². The van der Waals surface area contributed by atoms with E-state index in [9.17, 15) is 22.8 Å². The van der Waals surface area contributed by atoms with Crippen LogP contribution in [0.3, 0.4) is 0 Å². The Kier molecular flexibility index (Phi) is 6.13. The summed E-state index contributed by atoms with van der Waals surface area (Å²) in [7, 11) is 0. The number of aromatic nitrogens is 1. The molecule has 25 heavy (non-hydrogen) atoms. The number of hydrogen-bond donors (Lipinski definition) is 2. The smallest absolute Gasteiger partial charge is 0.416 e. The molecular weight excluding hydrogens is 357 g/mol. The quantitative estimate of drug-likeness (QED) is 0.731. The topological polar surface area (TPSA) is 79.3 Å². The first-order valence-corrected chi connectivity index (χ1v) is 8.24. The van der Waals surface area contributed by atoms with Gasteiger partial charge in [0.15, 0.2) is 0 Å². The standard InChI is InChI=1S/C16H15F3N2O3S/c17-16(18,19)11-4-1-3-10(7-11)15-21-12(9-25-15)8-13(22)20-6-2-5-14(23)24/h1,3-4,7,9H,2,5-6,8H2,(H,20,22)(H,23,24). The van der Waals surface area contributed by atoms with E-state index < -0.39 is 17.7 Å². The average molecular weight is 372 g/mol. The first-order valence-electron chi connectivity index (χ1n) is 7.36. The Labute approximate surface area is 145 Å². The maximum atomic E-state index is 12.8. The molecule has 1 aromatic heterocycles. The number of alkyl halides is 3. The maximum absolute atomic E-state index is 12.8. The molecule has 134 valence electrons. The van der Waals surface area contributed by atoms with Gasteiger partial charge in [0.1, 0.15) is 5.01 Å². The number of rotatable bonds is 7. The molecule has 0 bridgehead atoms. The minimum atomic E-state index is -4.42. The zero-order valence-corrected chi connectivity index (χ0v) is 13.8. The minimum Gasteiger partial charge on any atom is -0.481 e. The lowest BCUT2D eigenvalue weighted by atomic mass is 10.1. The van der Waals surface area contributed by atoms with Crippen LogP contribution in [0.4, 0.5) is 13.2 Å². The Bertz CT molecular complexity index is 759. The van der Waals surface area contributed by atoms with Crippen LogP contribution >= 0.6 is 11.3 Å². The summed E-state index contributed by atoms with van der Waals surface area (Å²) in [6, 6.07) is 4.86. The molecule has 1 heterocycles. The number of thiazole rings is 1. The van der Waals surface area contributed by atoms with Crippen LogP contribution in [0.1, 0.15) is 24.1 Å². The van der Waals surface area contributed by atoms with E-state index in [0.717, 1.165) is 23.5 Å². The van der Waals surface area contributed by atoms with E-state index in [1.165, 1.54) is 12.1 Å². The second-order valence-corrected chi connectivity index (χ2v) is 6.10. The highest BCUT2D eigenvalue weighted by atomic mass is 32.1. The number of amides is 1. The molecule has 0 atom stereocenters. The SMILES string of the molecule is O=C(O)CCCNC(=O)Cc1csc(-c2cccc(C(F)(F)F)c2)n1. The van der Waals surface area contributed by atoms with Crippen molar-refractivity contribution >= 4 is 23.2 Å². The van der Waals surface area contributed by atoms with Gasteiger partial charge in [-0.15, -0.1) is 11.3 Å². The van der Waals surface area contributed by atoms with Crippen molar-refractivity contribution in [3.8, 4) is 10.6 Å². The number of carboxylic acids is 1. The fourth-order valence-electron chi connectivity index (χ4n) is 2.04. The van der Waals surface area contributed by atoms with Crippen LogP contribution in [0.25, 0.3) is 10.6 Å². The van der Waals surface area contributed by atoms with Gasteiger partial charge in [-0.3, -0.25) is 9.59 Å².